The molecule has 0 bridgehead atoms. The van der Waals surface area contributed by atoms with Gasteiger partial charge in [0, 0.05) is 0 Å². The van der Waals surface area contributed by atoms with Crippen LogP contribution in [0.4, 0.5) is 0 Å². The lowest BCUT2D eigenvalue weighted by Crippen LogP contribution is -2.13. The largest absolute Gasteiger partial charge is 0.507 e. The number of phenols is 1. The number of benzene rings is 1. The molecule has 1 aromatic rings. The molecule has 0 aliphatic carbocycles. The lowest BCUT2D eigenvalue weighted by atomic mass is 9.98. The minimum atomic E-state index is -0.772. The van der Waals surface area contributed by atoms with Crippen molar-refractivity contribution in [3.8, 4) is 5.75 Å². The fraction of sp³-hybridized carbons (Fsp3) is 0.333. The van der Waals surface area contributed by atoms with Crippen LogP contribution in [-0.2, 0) is 9.47 Å². The van der Waals surface area contributed by atoms with Crippen molar-refractivity contribution >= 4 is 11.9 Å². The quantitative estimate of drug-likeness (QED) is 0.792. The Morgan fingerprint density at radius 3 is 2.12 bits per heavy atom. The standard InChI is InChI=1S/C12H14O5/c1-6-5-8(11(14)16-3)9(12(15)17-4)10(13)7(6)2/h5,13H,1-4H3. The summed E-state index contributed by atoms with van der Waals surface area (Å²) in [5, 5.41) is 9.90. The van der Waals surface area contributed by atoms with E-state index in [9.17, 15) is 14.7 Å². The van der Waals surface area contributed by atoms with Crippen LogP contribution in [0.1, 0.15) is 31.8 Å². The summed E-state index contributed by atoms with van der Waals surface area (Å²) in [6, 6.07) is 1.49. The topological polar surface area (TPSA) is 72.8 Å². The molecule has 0 atom stereocenters. The van der Waals surface area contributed by atoms with Crippen molar-refractivity contribution in [2.75, 3.05) is 14.2 Å². The lowest BCUT2D eigenvalue weighted by Gasteiger charge is -2.12. The van der Waals surface area contributed by atoms with Crippen molar-refractivity contribution in [2.24, 2.45) is 0 Å². The molecule has 5 nitrogen and oxygen atoms in total. The van der Waals surface area contributed by atoms with E-state index < -0.39 is 11.9 Å². The summed E-state index contributed by atoms with van der Waals surface area (Å²) in [6.45, 7) is 3.38. The highest BCUT2D eigenvalue weighted by Gasteiger charge is 2.24. The molecule has 0 fully saturated rings. The van der Waals surface area contributed by atoms with Gasteiger partial charge in [0.15, 0.2) is 0 Å². The van der Waals surface area contributed by atoms with Gasteiger partial charge in [0.25, 0.3) is 0 Å². The maximum Gasteiger partial charge on any atom is 0.342 e. The third-order valence-electron chi connectivity index (χ3n) is 2.61. The van der Waals surface area contributed by atoms with Crippen molar-refractivity contribution in [1.82, 2.24) is 0 Å². The van der Waals surface area contributed by atoms with Gasteiger partial charge in [0.2, 0.25) is 0 Å². The van der Waals surface area contributed by atoms with E-state index in [-0.39, 0.29) is 16.9 Å². The van der Waals surface area contributed by atoms with Crippen LogP contribution in [0.2, 0.25) is 0 Å². The van der Waals surface area contributed by atoms with E-state index in [0.29, 0.717) is 11.1 Å². The molecule has 0 spiro atoms. The van der Waals surface area contributed by atoms with Crippen molar-refractivity contribution in [1.29, 1.82) is 0 Å². The van der Waals surface area contributed by atoms with Gasteiger partial charge in [-0.2, -0.15) is 0 Å². The number of esters is 2. The normalized spacial score (nSPS) is 9.88. The predicted molar refractivity (Wildman–Crippen MR) is 60.3 cm³/mol. The fourth-order valence-electron chi connectivity index (χ4n) is 1.48. The van der Waals surface area contributed by atoms with Gasteiger partial charge in [-0.05, 0) is 31.0 Å². The maximum atomic E-state index is 11.5. The number of phenolic OH excluding ortho intramolecular Hbond substituents is 1. The molecule has 1 rings (SSSR count). The molecular formula is C12H14O5. The zero-order valence-corrected chi connectivity index (χ0v) is 10.2. The molecule has 0 amide bonds. The molecule has 1 aromatic carbocycles. The number of aromatic hydroxyl groups is 1. The number of methoxy groups -OCH3 is 2. The van der Waals surface area contributed by atoms with Gasteiger partial charge in [-0.15, -0.1) is 0 Å². The Morgan fingerprint density at radius 2 is 1.65 bits per heavy atom. The summed E-state index contributed by atoms with van der Waals surface area (Å²) in [6.07, 6.45) is 0. The van der Waals surface area contributed by atoms with Crippen molar-refractivity contribution in [2.45, 2.75) is 13.8 Å². The van der Waals surface area contributed by atoms with Gasteiger partial charge >= 0.3 is 11.9 Å². The Kier molecular flexibility index (Phi) is 3.73. The number of hydrogen-bond donors (Lipinski definition) is 1. The third-order valence-corrected chi connectivity index (χ3v) is 2.61. The van der Waals surface area contributed by atoms with Crippen LogP contribution in [0.5, 0.6) is 5.75 Å². The first-order valence-corrected chi connectivity index (χ1v) is 4.93. The zero-order valence-electron chi connectivity index (χ0n) is 10.2. The third kappa shape index (κ3) is 2.22. The molecule has 5 heteroatoms. The summed E-state index contributed by atoms with van der Waals surface area (Å²) in [7, 11) is 2.38. The van der Waals surface area contributed by atoms with E-state index >= 15 is 0 Å². The maximum absolute atomic E-state index is 11.5. The van der Waals surface area contributed by atoms with Crippen molar-refractivity contribution in [3.63, 3.8) is 0 Å². The van der Waals surface area contributed by atoms with Crippen LogP contribution >= 0.6 is 0 Å². The van der Waals surface area contributed by atoms with E-state index in [1.165, 1.54) is 20.3 Å². The molecule has 1 N–H and O–H groups in total. The Labute approximate surface area is 99.0 Å². The predicted octanol–water partition coefficient (Wildman–Crippen LogP) is 1.58. The SMILES string of the molecule is COC(=O)c1cc(C)c(C)c(O)c1C(=O)OC. The highest BCUT2D eigenvalue weighted by atomic mass is 16.5. The summed E-state index contributed by atoms with van der Waals surface area (Å²) in [5.74, 6) is -1.72. The Hall–Kier alpha value is -2.04. The van der Waals surface area contributed by atoms with Crippen LogP contribution in [0.25, 0.3) is 0 Å². The molecule has 0 aromatic heterocycles. The smallest absolute Gasteiger partial charge is 0.342 e. The second-order valence-electron chi connectivity index (χ2n) is 3.57. The minimum absolute atomic E-state index is 0.0000463. The molecule has 0 radical (unpaired) electrons. The molecule has 17 heavy (non-hydrogen) atoms. The molecule has 0 saturated heterocycles. The second-order valence-corrected chi connectivity index (χ2v) is 3.57. The number of carbonyl (C=O) groups is 2. The van der Waals surface area contributed by atoms with Crippen LogP contribution in [0, 0.1) is 13.8 Å². The van der Waals surface area contributed by atoms with Crippen LogP contribution in [0.3, 0.4) is 0 Å². The van der Waals surface area contributed by atoms with E-state index in [2.05, 4.69) is 9.47 Å². The summed E-state index contributed by atoms with van der Waals surface area (Å²) < 4.78 is 9.10. The molecule has 0 aliphatic rings. The lowest BCUT2D eigenvalue weighted by molar-refractivity contribution is 0.0552. The molecule has 0 unspecified atom stereocenters. The van der Waals surface area contributed by atoms with Gasteiger partial charge < -0.3 is 14.6 Å². The zero-order chi connectivity index (χ0) is 13.2. The van der Waals surface area contributed by atoms with Gasteiger partial charge in [0.05, 0.1) is 19.8 Å². The first-order chi connectivity index (χ1) is 7.93. The Morgan fingerprint density at radius 1 is 1.12 bits per heavy atom. The Balaban J connectivity index is 3.57. The van der Waals surface area contributed by atoms with E-state index in [1.54, 1.807) is 13.8 Å². The number of rotatable bonds is 2. The highest BCUT2D eigenvalue weighted by molar-refractivity contribution is 6.05. The average Bonchev–Trinajstić information content (AvgIpc) is 2.33. The van der Waals surface area contributed by atoms with Crippen molar-refractivity contribution < 1.29 is 24.2 Å². The second kappa shape index (κ2) is 4.86. The van der Waals surface area contributed by atoms with E-state index in [4.69, 9.17) is 0 Å². The number of ether oxygens (including phenoxy) is 2. The first kappa shape index (κ1) is 13.0. The monoisotopic (exact) mass is 238 g/mol. The number of carbonyl (C=O) groups excluding carboxylic acids is 2. The number of aryl methyl sites for hydroxylation is 1. The van der Waals surface area contributed by atoms with E-state index in [1.807, 2.05) is 0 Å². The van der Waals surface area contributed by atoms with Gasteiger partial charge in [-0.3, -0.25) is 0 Å². The Bertz CT molecular complexity index is 476. The van der Waals surface area contributed by atoms with Gasteiger partial charge in [-0.25, -0.2) is 9.59 Å². The van der Waals surface area contributed by atoms with Crippen molar-refractivity contribution in [3.05, 3.63) is 28.3 Å². The molecule has 0 heterocycles. The molecule has 0 saturated carbocycles. The van der Waals surface area contributed by atoms with Crippen LogP contribution in [-0.4, -0.2) is 31.3 Å². The van der Waals surface area contributed by atoms with Crippen LogP contribution in [0.15, 0.2) is 6.07 Å². The average molecular weight is 238 g/mol. The summed E-state index contributed by atoms with van der Waals surface area (Å²) in [4.78, 5) is 23.1. The van der Waals surface area contributed by atoms with E-state index in [0.717, 1.165) is 0 Å². The van der Waals surface area contributed by atoms with Gasteiger partial charge in [0.1, 0.15) is 11.3 Å². The number of hydrogen-bond acceptors (Lipinski definition) is 5. The first-order valence-electron chi connectivity index (χ1n) is 4.93. The fourth-order valence-corrected chi connectivity index (χ4v) is 1.48. The highest BCUT2D eigenvalue weighted by Crippen LogP contribution is 2.29. The molecular weight excluding hydrogens is 224 g/mol. The molecule has 92 valence electrons. The minimum Gasteiger partial charge on any atom is -0.507 e. The van der Waals surface area contributed by atoms with Crippen LogP contribution < -0.4 is 0 Å². The summed E-state index contributed by atoms with van der Waals surface area (Å²) >= 11 is 0. The van der Waals surface area contributed by atoms with Gasteiger partial charge in [-0.1, -0.05) is 0 Å². The summed E-state index contributed by atoms with van der Waals surface area (Å²) in [5.41, 5.74) is 1.05. The molecule has 0 aliphatic heterocycles.